The number of rotatable bonds is 2. The van der Waals surface area contributed by atoms with Crippen molar-refractivity contribution in [1.82, 2.24) is 10.2 Å². The number of likely N-dealkylation sites (tertiary alicyclic amines) is 1. The van der Waals surface area contributed by atoms with E-state index in [-0.39, 0.29) is 6.09 Å². The topological polar surface area (TPSA) is 41.6 Å². The molecule has 2 aliphatic rings. The van der Waals surface area contributed by atoms with E-state index in [0.717, 1.165) is 38.2 Å². The number of ether oxygens (including phenoxy) is 1. The highest BCUT2D eigenvalue weighted by Gasteiger charge is 2.45. The van der Waals surface area contributed by atoms with Gasteiger partial charge in [0.25, 0.3) is 0 Å². The molecule has 2 heterocycles. The summed E-state index contributed by atoms with van der Waals surface area (Å²) in [7, 11) is 0. The van der Waals surface area contributed by atoms with E-state index in [1.54, 1.807) is 0 Å². The molecule has 4 nitrogen and oxygen atoms in total. The van der Waals surface area contributed by atoms with Gasteiger partial charge in [-0.1, -0.05) is 36.9 Å². The van der Waals surface area contributed by atoms with Gasteiger partial charge in [-0.25, -0.2) is 4.79 Å². The van der Waals surface area contributed by atoms with Gasteiger partial charge in [0.15, 0.2) is 5.60 Å². The lowest BCUT2D eigenvalue weighted by molar-refractivity contribution is 0.0130. The zero-order valence-corrected chi connectivity index (χ0v) is 10.9. The SMILES string of the molecule is C=C1NC(=O)OC12CCN(Cc1ccccc1)CC2. The van der Waals surface area contributed by atoms with Crippen LogP contribution in [0.2, 0.25) is 0 Å². The predicted molar refractivity (Wildman–Crippen MR) is 72.4 cm³/mol. The second-order valence-corrected chi connectivity index (χ2v) is 5.25. The summed E-state index contributed by atoms with van der Waals surface area (Å²) in [5.74, 6) is 0. The van der Waals surface area contributed by atoms with Crippen LogP contribution >= 0.6 is 0 Å². The van der Waals surface area contributed by atoms with Crippen LogP contribution in [0.5, 0.6) is 0 Å². The lowest BCUT2D eigenvalue weighted by Crippen LogP contribution is -2.45. The number of hydrogen-bond donors (Lipinski definition) is 1. The first-order chi connectivity index (χ1) is 9.18. The zero-order valence-electron chi connectivity index (χ0n) is 10.9. The molecule has 0 saturated carbocycles. The number of carbonyl (C=O) groups is 1. The molecule has 1 aromatic carbocycles. The normalized spacial score (nSPS) is 22.3. The largest absolute Gasteiger partial charge is 0.436 e. The molecule has 0 aliphatic carbocycles. The summed E-state index contributed by atoms with van der Waals surface area (Å²) in [6, 6.07) is 10.4. The summed E-state index contributed by atoms with van der Waals surface area (Å²) in [5.41, 5.74) is 1.57. The summed E-state index contributed by atoms with van der Waals surface area (Å²) in [6.07, 6.45) is 1.27. The van der Waals surface area contributed by atoms with E-state index < -0.39 is 5.60 Å². The van der Waals surface area contributed by atoms with Crippen LogP contribution in [0.15, 0.2) is 42.6 Å². The van der Waals surface area contributed by atoms with Crippen molar-refractivity contribution in [3.63, 3.8) is 0 Å². The van der Waals surface area contributed by atoms with Crippen LogP contribution < -0.4 is 5.32 Å². The number of piperidine rings is 1. The molecule has 1 N–H and O–H groups in total. The molecule has 0 unspecified atom stereocenters. The van der Waals surface area contributed by atoms with Crippen molar-refractivity contribution in [2.24, 2.45) is 0 Å². The monoisotopic (exact) mass is 258 g/mol. The van der Waals surface area contributed by atoms with Crippen molar-refractivity contribution in [2.45, 2.75) is 25.0 Å². The lowest BCUT2D eigenvalue weighted by atomic mass is 9.89. The van der Waals surface area contributed by atoms with E-state index >= 15 is 0 Å². The number of amides is 1. The zero-order chi connectivity index (χ0) is 13.3. The number of benzene rings is 1. The fourth-order valence-electron chi connectivity index (χ4n) is 2.82. The van der Waals surface area contributed by atoms with Crippen molar-refractivity contribution >= 4 is 6.09 Å². The van der Waals surface area contributed by atoms with Crippen LogP contribution in [0.1, 0.15) is 18.4 Å². The highest BCUT2D eigenvalue weighted by Crippen LogP contribution is 2.35. The molecule has 100 valence electrons. The molecule has 2 fully saturated rings. The molecule has 2 aliphatic heterocycles. The molecular formula is C15H18N2O2. The molecule has 0 radical (unpaired) electrons. The van der Waals surface area contributed by atoms with Crippen LogP contribution in [-0.4, -0.2) is 29.7 Å². The van der Waals surface area contributed by atoms with E-state index in [4.69, 9.17) is 4.74 Å². The summed E-state index contributed by atoms with van der Waals surface area (Å²) in [4.78, 5) is 13.7. The van der Waals surface area contributed by atoms with Gasteiger partial charge in [0.1, 0.15) is 0 Å². The molecule has 0 aromatic heterocycles. The van der Waals surface area contributed by atoms with Crippen LogP contribution in [0.3, 0.4) is 0 Å². The Labute approximate surface area is 113 Å². The Kier molecular flexibility index (Phi) is 3.03. The van der Waals surface area contributed by atoms with Crippen molar-refractivity contribution < 1.29 is 9.53 Å². The first-order valence-corrected chi connectivity index (χ1v) is 6.64. The maximum absolute atomic E-state index is 11.3. The van der Waals surface area contributed by atoms with Gasteiger partial charge in [-0.05, 0) is 5.56 Å². The van der Waals surface area contributed by atoms with Gasteiger partial charge < -0.3 is 4.74 Å². The third-order valence-corrected chi connectivity index (χ3v) is 4.00. The van der Waals surface area contributed by atoms with Gasteiger partial charge in [-0.15, -0.1) is 0 Å². The van der Waals surface area contributed by atoms with E-state index in [1.165, 1.54) is 5.56 Å². The molecular weight excluding hydrogens is 240 g/mol. The smallest absolute Gasteiger partial charge is 0.412 e. The Morgan fingerprint density at radius 2 is 1.95 bits per heavy atom. The fourth-order valence-corrected chi connectivity index (χ4v) is 2.82. The van der Waals surface area contributed by atoms with Gasteiger partial charge in [0.2, 0.25) is 0 Å². The third kappa shape index (κ3) is 2.36. The summed E-state index contributed by atoms with van der Waals surface area (Å²) >= 11 is 0. The van der Waals surface area contributed by atoms with E-state index in [0.29, 0.717) is 0 Å². The fraction of sp³-hybridized carbons (Fsp3) is 0.400. The van der Waals surface area contributed by atoms with Crippen LogP contribution in [0, 0.1) is 0 Å². The van der Waals surface area contributed by atoms with Crippen molar-refractivity contribution in [1.29, 1.82) is 0 Å². The van der Waals surface area contributed by atoms with Gasteiger partial charge in [0.05, 0.1) is 5.70 Å². The average molecular weight is 258 g/mol. The average Bonchev–Trinajstić information content (AvgIpc) is 2.68. The number of hydrogen-bond acceptors (Lipinski definition) is 3. The quantitative estimate of drug-likeness (QED) is 0.884. The molecule has 1 spiro atoms. The predicted octanol–water partition coefficient (Wildman–Crippen LogP) is 2.27. The number of nitrogens with zero attached hydrogens (tertiary/aromatic N) is 1. The van der Waals surface area contributed by atoms with E-state index in [2.05, 4.69) is 41.1 Å². The molecule has 0 bridgehead atoms. The van der Waals surface area contributed by atoms with E-state index in [9.17, 15) is 4.79 Å². The number of carbonyl (C=O) groups excluding carboxylic acids is 1. The molecule has 4 heteroatoms. The highest BCUT2D eigenvalue weighted by molar-refractivity contribution is 5.74. The molecule has 19 heavy (non-hydrogen) atoms. The first-order valence-electron chi connectivity index (χ1n) is 6.64. The minimum atomic E-state index is -0.468. The second kappa shape index (κ2) is 4.70. The van der Waals surface area contributed by atoms with Gasteiger partial charge >= 0.3 is 6.09 Å². The Morgan fingerprint density at radius 3 is 2.53 bits per heavy atom. The molecule has 1 aromatic rings. The standard InChI is InChI=1S/C15H18N2O2/c1-12-15(19-14(18)16-12)7-9-17(10-8-15)11-13-5-3-2-4-6-13/h2-6H,1,7-11H2,(H,16,18). The Morgan fingerprint density at radius 1 is 1.26 bits per heavy atom. The summed E-state index contributed by atoms with van der Waals surface area (Å²) < 4.78 is 5.42. The van der Waals surface area contributed by atoms with Gasteiger partial charge in [0, 0.05) is 32.5 Å². The third-order valence-electron chi connectivity index (χ3n) is 4.00. The molecule has 1 amide bonds. The molecule has 2 saturated heterocycles. The number of alkyl carbamates (subject to hydrolysis) is 1. The van der Waals surface area contributed by atoms with Crippen LogP contribution in [0.4, 0.5) is 4.79 Å². The van der Waals surface area contributed by atoms with Gasteiger partial charge in [-0.2, -0.15) is 0 Å². The van der Waals surface area contributed by atoms with E-state index in [1.807, 2.05) is 6.07 Å². The lowest BCUT2D eigenvalue weighted by Gasteiger charge is -2.37. The highest BCUT2D eigenvalue weighted by atomic mass is 16.6. The first kappa shape index (κ1) is 12.2. The minimum absolute atomic E-state index is 0.360. The molecule has 3 rings (SSSR count). The molecule has 0 atom stereocenters. The Bertz CT molecular complexity index is 490. The number of nitrogens with one attached hydrogen (secondary N) is 1. The van der Waals surface area contributed by atoms with Crippen LogP contribution in [0.25, 0.3) is 0 Å². The Balaban J connectivity index is 1.61. The van der Waals surface area contributed by atoms with Crippen molar-refractivity contribution in [2.75, 3.05) is 13.1 Å². The summed E-state index contributed by atoms with van der Waals surface area (Å²) in [5, 5.41) is 2.67. The summed E-state index contributed by atoms with van der Waals surface area (Å²) in [6.45, 7) is 6.70. The maximum atomic E-state index is 11.3. The second-order valence-electron chi connectivity index (χ2n) is 5.25. The maximum Gasteiger partial charge on any atom is 0.412 e. The Hall–Kier alpha value is -1.81. The van der Waals surface area contributed by atoms with Crippen LogP contribution in [-0.2, 0) is 11.3 Å². The minimum Gasteiger partial charge on any atom is -0.436 e. The van der Waals surface area contributed by atoms with Crippen molar-refractivity contribution in [3.8, 4) is 0 Å². The van der Waals surface area contributed by atoms with Crippen molar-refractivity contribution in [3.05, 3.63) is 48.2 Å². The van der Waals surface area contributed by atoms with Gasteiger partial charge in [-0.3, -0.25) is 10.2 Å².